The summed E-state index contributed by atoms with van der Waals surface area (Å²) in [7, 11) is 0. The van der Waals surface area contributed by atoms with Crippen LogP contribution in [-0.2, 0) is 0 Å². The highest BCUT2D eigenvalue weighted by atomic mass is 13.9. The van der Waals surface area contributed by atoms with Gasteiger partial charge in [-0.25, -0.2) is 0 Å². The minimum absolute atomic E-state index is 1.19. The number of hydrogen-bond donors (Lipinski definition) is 0. The van der Waals surface area contributed by atoms with E-state index in [4.69, 9.17) is 0 Å². The van der Waals surface area contributed by atoms with Crippen molar-refractivity contribution in [2.75, 3.05) is 0 Å². The second kappa shape index (κ2) is 26.1. The number of unbranched alkanes of at least 4 members (excludes halogenated alkanes) is 6. The molecular formula is C30H40. The van der Waals surface area contributed by atoms with Crippen molar-refractivity contribution in [1.29, 1.82) is 0 Å². The quantitative estimate of drug-likeness (QED) is 0.168. The Morgan fingerprint density at radius 3 is 1.13 bits per heavy atom. The standard InChI is InChI=1S/C30H40/c1-3-5-7-9-11-13-15-17-19-21-23-25-27-29-30-28-26-24-22-20-18-16-14-12-10-8-6-4-2/h3,5,7,9,11,13,15,17-30H,1,4,6,8,10,12,14,16H2,2H3. The van der Waals surface area contributed by atoms with E-state index in [1.54, 1.807) is 6.08 Å². The third-order valence-electron chi connectivity index (χ3n) is 4.00. The first kappa shape index (κ1) is 27.1. The van der Waals surface area contributed by atoms with Gasteiger partial charge >= 0.3 is 0 Å². The zero-order valence-corrected chi connectivity index (χ0v) is 18.8. The van der Waals surface area contributed by atoms with Gasteiger partial charge in [0.05, 0.1) is 0 Å². The van der Waals surface area contributed by atoms with Crippen LogP contribution in [0.4, 0.5) is 0 Å². The van der Waals surface area contributed by atoms with Crippen molar-refractivity contribution in [3.05, 3.63) is 134 Å². The predicted octanol–water partition coefficient (Wildman–Crippen LogP) is 9.48. The number of rotatable bonds is 17. The van der Waals surface area contributed by atoms with Gasteiger partial charge in [0, 0.05) is 0 Å². The maximum absolute atomic E-state index is 3.62. The first-order valence-electron chi connectivity index (χ1n) is 11.2. The molecule has 0 N–H and O–H groups in total. The highest BCUT2D eigenvalue weighted by Crippen LogP contribution is 2.07. The van der Waals surface area contributed by atoms with Crippen LogP contribution in [0.3, 0.4) is 0 Å². The summed E-state index contributed by atoms with van der Waals surface area (Å²) in [5.41, 5.74) is 0. The molecule has 0 saturated heterocycles. The van der Waals surface area contributed by atoms with E-state index in [2.05, 4.69) is 37.8 Å². The lowest BCUT2D eigenvalue weighted by molar-refractivity contribution is 0.611. The van der Waals surface area contributed by atoms with Crippen molar-refractivity contribution in [2.45, 2.75) is 51.9 Å². The monoisotopic (exact) mass is 400 g/mol. The molecule has 30 heavy (non-hydrogen) atoms. The van der Waals surface area contributed by atoms with Gasteiger partial charge in [0.15, 0.2) is 0 Å². The average Bonchev–Trinajstić information content (AvgIpc) is 2.76. The molecule has 0 aliphatic carbocycles. The van der Waals surface area contributed by atoms with Gasteiger partial charge in [-0.05, 0) is 12.8 Å². The predicted molar refractivity (Wildman–Crippen MR) is 140 cm³/mol. The van der Waals surface area contributed by atoms with Crippen LogP contribution in [0.25, 0.3) is 0 Å². The SMILES string of the molecule is C=CC=CC=CC=CC=CC=CC=CC=CC=CC=CC=CCCCCCCCC. The van der Waals surface area contributed by atoms with Crippen LogP contribution in [0, 0.1) is 0 Å². The van der Waals surface area contributed by atoms with Gasteiger partial charge in [0.1, 0.15) is 0 Å². The van der Waals surface area contributed by atoms with E-state index in [0.717, 1.165) is 0 Å². The molecule has 0 nitrogen and oxygen atoms in total. The summed E-state index contributed by atoms with van der Waals surface area (Å²) in [6.45, 7) is 5.88. The molecule has 0 bridgehead atoms. The van der Waals surface area contributed by atoms with Crippen molar-refractivity contribution in [1.82, 2.24) is 0 Å². The molecule has 0 amide bonds. The zero-order valence-electron chi connectivity index (χ0n) is 18.8. The molecule has 0 spiro atoms. The first-order chi connectivity index (χ1) is 14.9. The van der Waals surface area contributed by atoms with E-state index in [9.17, 15) is 0 Å². The molecule has 0 aliphatic rings. The maximum atomic E-state index is 3.62. The molecule has 0 aromatic rings. The highest BCUT2D eigenvalue weighted by Gasteiger charge is 1.87. The molecule has 160 valence electrons. The van der Waals surface area contributed by atoms with Crippen LogP contribution in [0.1, 0.15) is 51.9 Å². The van der Waals surface area contributed by atoms with Crippen LogP contribution in [0.5, 0.6) is 0 Å². The highest BCUT2D eigenvalue weighted by molar-refractivity contribution is 5.22. The Hall–Kier alpha value is -2.86. The molecule has 0 fully saturated rings. The third-order valence-corrected chi connectivity index (χ3v) is 4.00. The minimum Gasteiger partial charge on any atom is -0.0991 e. The fraction of sp³-hybridized carbons (Fsp3) is 0.267. The fourth-order valence-electron chi connectivity index (χ4n) is 2.39. The van der Waals surface area contributed by atoms with Crippen LogP contribution >= 0.6 is 0 Å². The van der Waals surface area contributed by atoms with Gasteiger partial charge in [-0.3, -0.25) is 0 Å². The molecule has 0 aliphatic heterocycles. The Morgan fingerprint density at radius 1 is 0.400 bits per heavy atom. The molecule has 0 radical (unpaired) electrons. The van der Waals surface area contributed by atoms with Gasteiger partial charge < -0.3 is 0 Å². The van der Waals surface area contributed by atoms with E-state index >= 15 is 0 Å². The van der Waals surface area contributed by atoms with E-state index in [1.807, 2.05) is 97.2 Å². The van der Waals surface area contributed by atoms with E-state index in [-0.39, 0.29) is 0 Å². The van der Waals surface area contributed by atoms with Gasteiger partial charge in [-0.15, -0.1) is 0 Å². The normalized spacial score (nSPS) is 13.9. The van der Waals surface area contributed by atoms with Crippen molar-refractivity contribution < 1.29 is 0 Å². The molecule has 0 rings (SSSR count). The van der Waals surface area contributed by atoms with Gasteiger partial charge in [0.25, 0.3) is 0 Å². The second-order valence-electron chi connectivity index (χ2n) is 6.68. The van der Waals surface area contributed by atoms with E-state index in [1.165, 1.54) is 44.9 Å². The smallest absolute Gasteiger partial charge is 0.0348 e. The molecular weight excluding hydrogens is 360 g/mol. The molecule has 0 aromatic carbocycles. The third kappa shape index (κ3) is 25.1. The largest absolute Gasteiger partial charge is 0.0991 e. The average molecular weight is 401 g/mol. The molecule has 0 saturated carbocycles. The van der Waals surface area contributed by atoms with Gasteiger partial charge in [0.2, 0.25) is 0 Å². The summed E-state index contributed by atoms with van der Waals surface area (Å²) < 4.78 is 0. The minimum atomic E-state index is 1.19. The molecule has 0 atom stereocenters. The number of allylic oxidation sites excluding steroid dienone is 21. The summed E-state index contributed by atoms with van der Waals surface area (Å²) in [5, 5.41) is 0. The van der Waals surface area contributed by atoms with Crippen LogP contribution in [0.2, 0.25) is 0 Å². The van der Waals surface area contributed by atoms with Crippen molar-refractivity contribution in [3.8, 4) is 0 Å². The van der Waals surface area contributed by atoms with Crippen molar-refractivity contribution in [2.24, 2.45) is 0 Å². The Morgan fingerprint density at radius 2 is 0.733 bits per heavy atom. The van der Waals surface area contributed by atoms with Crippen LogP contribution in [-0.4, -0.2) is 0 Å². The topological polar surface area (TPSA) is 0 Å². The summed E-state index contributed by atoms with van der Waals surface area (Å²) in [6, 6.07) is 0. The summed E-state index contributed by atoms with van der Waals surface area (Å²) in [5.74, 6) is 0. The van der Waals surface area contributed by atoms with Crippen LogP contribution < -0.4 is 0 Å². The molecule has 0 heterocycles. The van der Waals surface area contributed by atoms with Crippen LogP contribution in [0.15, 0.2) is 134 Å². The molecule has 0 unspecified atom stereocenters. The lowest BCUT2D eigenvalue weighted by atomic mass is 10.1. The van der Waals surface area contributed by atoms with Gasteiger partial charge in [-0.1, -0.05) is 173 Å². The summed E-state index contributed by atoms with van der Waals surface area (Å²) in [6.07, 6.45) is 51.6. The maximum Gasteiger partial charge on any atom is -0.0348 e. The Bertz CT molecular complexity index is 667. The Labute approximate surface area is 186 Å². The number of hydrogen-bond acceptors (Lipinski definition) is 0. The van der Waals surface area contributed by atoms with E-state index in [0.29, 0.717) is 0 Å². The molecule has 0 heteroatoms. The van der Waals surface area contributed by atoms with Gasteiger partial charge in [-0.2, -0.15) is 0 Å². The van der Waals surface area contributed by atoms with Crippen molar-refractivity contribution in [3.63, 3.8) is 0 Å². The van der Waals surface area contributed by atoms with E-state index < -0.39 is 0 Å². The Balaban J connectivity index is 3.77. The second-order valence-corrected chi connectivity index (χ2v) is 6.68. The zero-order chi connectivity index (χ0) is 21.8. The Kier molecular flexibility index (Phi) is 23.6. The summed E-state index contributed by atoms with van der Waals surface area (Å²) in [4.78, 5) is 0. The van der Waals surface area contributed by atoms with Crippen molar-refractivity contribution >= 4 is 0 Å². The fourth-order valence-corrected chi connectivity index (χ4v) is 2.39. The molecule has 0 aromatic heterocycles. The first-order valence-corrected chi connectivity index (χ1v) is 11.2. The lowest BCUT2D eigenvalue weighted by Crippen LogP contribution is -1.77. The summed E-state index contributed by atoms with van der Waals surface area (Å²) >= 11 is 0. The lowest BCUT2D eigenvalue weighted by Gasteiger charge is -1.97.